The normalized spacial score (nSPS) is 12.1. The molecule has 1 atom stereocenters. The molecule has 0 unspecified atom stereocenters. The second-order valence-corrected chi connectivity index (χ2v) is 11.8. The molecule has 8 nitrogen and oxygen atoms in total. The molecular formula is C28H31Cl2N3O5S. The lowest BCUT2D eigenvalue weighted by atomic mass is 10.1. The van der Waals surface area contributed by atoms with E-state index in [4.69, 9.17) is 27.9 Å². The molecule has 0 aliphatic carbocycles. The molecule has 3 aromatic carbocycles. The molecule has 0 saturated heterocycles. The zero-order chi connectivity index (χ0) is 28.7. The van der Waals surface area contributed by atoms with E-state index in [9.17, 15) is 18.0 Å². The Hall–Kier alpha value is -3.27. The number of hydrogen-bond acceptors (Lipinski definition) is 5. The van der Waals surface area contributed by atoms with Crippen molar-refractivity contribution in [2.75, 3.05) is 18.0 Å². The Morgan fingerprint density at radius 2 is 1.56 bits per heavy atom. The van der Waals surface area contributed by atoms with Gasteiger partial charge in [0.1, 0.15) is 18.3 Å². The van der Waals surface area contributed by atoms with Crippen LogP contribution in [0.2, 0.25) is 10.0 Å². The van der Waals surface area contributed by atoms with Gasteiger partial charge in [-0.3, -0.25) is 13.9 Å². The Labute approximate surface area is 239 Å². The van der Waals surface area contributed by atoms with Crippen LogP contribution in [0.3, 0.4) is 0 Å². The minimum atomic E-state index is -4.17. The molecule has 1 N–H and O–H groups in total. The predicted octanol–water partition coefficient (Wildman–Crippen LogP) is 5.14. The van der Waals surface area contributed by atoms with Crippen molar-refractivity contribution >= 4 is 50.7 Å². The Morgan fingerprint density at radius 3 is 2.13 bits per heavy atom. The molecular weight excluding hydrogens is 561 g/mol. The van der Waals surface area contributed by atoms with E-state index in [2.05, 4.69) is 5.32 Å². The zero-order valence-electron chi connectivity index (χ0n) is 22.1. The lowest BCUT2D eigenvalue weighted by Gasteiger charge is -2.32. The first-order chi connectivity index (χ1) is 18.4. The highest BCUT2D eigenvalue weighted by atomic mass is 35.5. The monoisotopic (exact) mass is 591 g/mol. The third-order valence-corrected chi connectivity index (χ3v) is 8.43. The number of ether oxygens (including phenoxy) is 1. The van der Waals surface area contributed by atoms with E-state index in [1.807, 2.05) is 13.8 Å². The van der Waals surface area contributed by atoms with E-state index < -0.39 is 28.5 Å². The number of para-hydroxylation sites is 1. The van der Waals surface area contributed by atoms with Crippen LogP contribution >= 0.6 is 23.2 Å². The maximum absolute atomic E-state index is 13.9. The van der Waals surface area contributed by atoms with Crippen molar-refractivity contribution in [2.45, 2.75) is 44.3 Å². The summed E-state index contributed by atoms with van der Waals surface area (Å²) < 4.78 is 33.7. The first-order valence-electron chi connectivity index (χ1n) is 12.2. The highest BCUT2D eigenvalue weighted by molar-refractivity contribution is 7.92. The van der Waals surface area contributed by atoms with Gasteiger partial charge in [0, 0.05) is 12.6 Å². The summed E-state index contributed by atoms with van der Waals surface area (Å²) in [6, 6.07) is 18.1. The van der Waals surface area contributed by atoms with Crippen molar-refractivity contribution in [2.24, 2.45) is 0 Å². The standard InChI is InChI=1S/C28H31Cl2N3O5S/c1-19(2)31-28(35)20(3)32(17-21-10-15-25(29)26(30)16-21)27(34)18-33(22-8-6-5-7-9-22)39(36,37)24-13-11-23(38-4)12-14-24/h5-16,19-20H,17-18H2,1-4H3,(H,31,35)/t20-/m0/s1. The van der Waals surface area contributed by atoms with Crippen molar-refractivity contribution in [3.63, 3.8) is 0 Å². The first kappa shape index (κ1) is 30.3. The zero-order valence-corrected chi connectivity index (χ0v) is 24.4. The number of nitrogens with zero attached hydrogens (tertiary/aromatic N) is 2. The summed E-state index contributed by atoms with van der Waals surface area (Å²) in [5, 5.41) is 3.46. The van der Waals surface area contributed by atoms with Gasteiger partial charge >= 0.3 is 0 Å². The summed E-state index contributed by atoms with van der Waals surface area (Å²) in [5.41, 5.74) is 0.932. The molecule has 0 aliphatic rings. The number of anilines is 1. The fourth-order valence-electron chi connectivity index (χ4n) is 3.82. The summed E-state index contributed by atoms with van der Waals surface area (Å²) in [4.78, 5) is 28.1. The summed E-state index contributed by atoms with van der Waals surface area (Å²) >= 11 is 12.2. The lowest BCUT2D eigenvalue weighted by Crippen LogP contribution is -2.52. The molecule has 3 rings (SSSR count). The minimum absolute atomic E-state index is 0.00756. The smallest absolute Gasteiger partial charge is 0.264 e. The fraction of sp³-hybridized carbons (Fsp3) is 0.286. The average Bonchev–Trinajstić information content (AvgIpc) is 2.91. The van der Waals surface area contributed by atoms with E-state index in [0.29, 0.717) is 27.0 Å². The molecule has 2 amide bonds. The number of nitrogens with one attached hydrogen (secondary N) is 1. The van der Waals surface area contributed by atoms with Gasteiger partial charge in [-0.1, -0.05) is 47.5 Å². The molecule has 0 spiro atoms. The predicted molar refractivity (Wildman–Crippen MR) is 154 cm³/mol. The van der Waals surface area contributed by atoms with Crippen LogP contribution in [0.1, 0.15) is 26.3 Å². The number of amides is 2. The third-order valence-electron chi connectivity index (χ3n) is 5.91. The fourth-order valence-corrected chi connectivity index (χ4v) is 5.56. The van der Waals surface area contributed by atoms with Crippen LogP contribution in [0.25, 0.3) is 0 Å². The Balaban J connectivity index is 2.01. The molecule has 0 aromatic heterocycles. The lowest BCUT2D eigenvalue weighted by molar-refractivity contribution is -0.139. The van der Waals surface area contributed by atoms with Crippen molar-refractivity contribution in [3.8, 4) is 5.75 Å². The van der Waals surface area contributed by atoms with Crippen LogP contribution in [0.4, 0.5) is 5.69 Å². The van der Waals surface area contributed by atoms with Crippen LogP contribution in [0.5, 0.6) is 5.75 Å². The van der Waals surface area contributed by atoms with Crippen LogP contribution in [0.15, 0.2) is 77.7 Å². The van der Waals surface area contributed by atoms with Gasteiger partial charge in [0.15, 0.2) is 0 Å². The molecule has 208 valence electrons. The van der Waals surface area contributed by atoms with Crippen LogP contribution in [0, 0.1) is 0 Å². The largest absolute Gasteiger partial charge is 0.497 e. The van der Waals surface area contributed by atoms with Gasteiger partial charge in [0.05, 0.1) is 27.7 Å². The Kier molecular flexibility index (Phi) is 10.2. The molecule has 0 bridgehead atoms. The molecule has 11 heteroatoms. The van der Waals surface area contributed by atoms with Gasteiger partial charge in [-0.05, 0) is 74.9 Å². The summed E-state index contributed by atoms with van der Waals surface area (Å²) in [6.45, 7) is 4.69. The number of rotatable bonds is 11. The van der Waals surface area contributed by atoms with Crippen LogP contribution in [-0.2, 0) is 26.2 Å². The summed E-state index contributed by atoms with van der Waals surface area (Å²) in [6.07, 6.45) is 0. The van der Waals surface area contributed by atoms with Gasteiger partial charge < -0.3 is 15.0 Å². The molecule has 0 heterocycles. The van der Waals surface area contributed by atoms with Crippen molar-refractivity contribution in [1.82, 2.24) is 10.2 Å². The highest BCUT2D eigenvalue weighted by Gasteiger charge is 2.32. The molecule has 0 saturated carbocycles. The summed E-state index contributed by atoms with van der Waals surface area (Å²) in [7, 11) is -2.68. The van der Waals surface area contributed by atoms with Crippen molar-refractivity contribution in [3.05, 3.63) is 88.4 Å². The van der Waals surface area contributed by atoms with Gasteiger partial charge in [0.25, 0.3) is 10.0 Å². The third kappa shape index (κ3) is 7.65. The average molecular weight is 593 g/mol. The molecule has 0 aliphatic heterocycles. The number of benzene rings is 3. The Morgan fingerprint density at radius 1 is 0.923 bits per heavy atom. The van der Waals surface area contributed by atoms with E-state index in [1.165, 1.54) is 36.3 Å². The van der Waals surface area contributed by atoms with E-state index in [0.717, 1.165) is 4.31 Å². The van der Waals surface area contributed by atoms with Gasteiger partial charge in [-0.25, -0.2) is 8.42 Å². The van der Waals surface area contributed by atoms with E-state index in [1.54, 1.807) is 55.5 Å². The van der Waals surface area contributed by atoms with Gasteiger partial charge in [-0.2, -0.15) is 0 Å². The molecule has 39 heavy (non-hydrogen) atoms. The topological polar surface area (TPSA) is 96.0 Å². The second-order valence-electron chi connectivity index (χ2n) is 9.13. The minimum Gasteiger partial charge on any atom is -0.497 e. The quantitative estimate of drug-likeness (QED) is 0.333. The second kappa shape index (κ2) is 13.2. The molecule has 0 radical (unpaired) electrons. The van der Waals surface area contributed by atoms with E-state index >= 15 is 0 Å². The summed E-state index contributed by atoms with van der Waals surface area (Å²) in [5.74, 6) is -0.454. The molecule has 3 aromatic rings. The molecule has 0 fully saturated rings. The number of carbonyl (C=O) groups excluding carboxylic acids is 2. The van der Waals surface area contributed by atoms with Crippen LogP contribution in [-0.4, -0.2) is 50.9 Å². The number of carbonyl (C=O) groups is 2. The Bertz CT molecular complexity index is 1400. The number of halogens is 2. The maximum atomic E-state index is 13.9. The van der Waals surface area contributed by atoms with Crippen molar-refractivity contribution in [1.29, 1.82) is 0 Å². The van der Waals surface area contributed by atoms with Gasteiger partial charge in [-0.15, -0.1) is 0 Å². The van der Waals surface area contributed by atoms with Gasteiger partial charge in [0.2, 0.25) is 11.8 Å². The SMILES string of the molecule is COc1ccc(S(=O)(=O)N(CC(=O)N(Cc2ccc(Cl)c(Cl)c2)[C@@H](C)C(=O)NC(C)C)c2ccccc2)cc1. The highest BCUT2D eigenvalue weighted by Crippen LogP contribution is 2.27. The van der Waals surface area contributed by atoms with Crippen LogP contribution < -0.4 is 14.4 Å². The first-order valence-corrected chi connectivity index (χ1v) is 14.4. The maximum Gasteiger partial charge on any atom is 0.264 e. The van der Waals surface area contributed by atoms with E-state index in [-0.39, 0.29) is 23.4 Å². The number of sulfonamides is 1. The number of methoxy groups -OCH3 is 1. The van der Waals surface area contributed by atoms with Crippen molar-refractivity contribution < 1.29 is 22.7 Å². The number of hydrogen-bond donors (Lipinski definition) is 1.